The maximum Gasteiger partial charge on any atom is 0.262 e. The number of sulfonamides is 1. The van der Waals surface area contributed by atoms with Crippen molar-refractivity contribution in [3.63, 3.8) is 0 Å². The van der Waals surface area contributed by atoms with Gasteiger partial charge in [0.1, 0.15) is 0 Å². The lowest BCUT2D eigenvalue weighted by Gasteiger charge is -2.28. The van der Waals surface area contributed by atoms with Gasteiger partial charge in [-0.15, -0.1) is 0 Å². The van der Waals surface area contributed by atoms with Crippen LogP contribution in [0.1, 0.15) is 19.3 Å². The van der Waals surface area contributed by atoms with Crippen LogP contribution >= 0.6 is 0 Å². The Morgan fingerprint density at radius 1 is 0.769 bits per heavy atom. The van der Waals surface area contributed by atoms with Gasteiger partial charge in [-0.2, -0.15) is 0 Å². The van der Waals surface area contributed by atoms with E-state index in [4.69, 9.17) is 0 Å². The van der Waals surface area contributed by atoms with Gasteiger partial charge in [0.2, 0.25) is 0 Å². The monoisotopic (exact) mass is 366 g/mol. The van der Waals surface area contributed by atoms with Crippen LogP contribution in [0.4, 0.5) is 11.4 Å². The minimum Gasteiger partial charge on any atom is -0.372 e. The van der Waals surface area contributed by atoms with Crippen LogP contribution in [0.25, 0.3) is 10.8 Å². The Hall–Kier alpha value is -2.53. The van der Waals surface area contributed by atoms with Crippen molar-refractivity contribution >= 4 is 32.2 Å². The van der Waals surface area contributed by atoms with Crippen molar-refractivity contribution in [2.45, 2.75) is 24.2 Å². The summed E-state index contributed by atoms with van der Waals surface area (Å²) in [6.45, 7) is 2.14. The fourth-order valence-electron chi connectivity index (χ4n) is 3.53. The molecule has 0 unspecified atom stereocenters. The zero-order valence-electron chi connectivity index (χ0n) is 14.6. The van der Waals surface area contributed by atoms with Crippen LogP contribution in [-0.2, 0) is 10.0 Å². The van der Waals surface area contributed by atoms with E-state index in [0.717, 1.165) is 29.5 Å². The molecular formula is C21H22N2O2S. The first kappa shape index (κ1) is 16.9. The Labute approximate surface area is 154 Å². The van der Waals surface area contributed by atoms with E-state index in [0.29, 0.717) is 10.6 Å². The second-order valence-electron chi connectivity index (χ2n) is 6.68. The van der Waals surface area contributed by atoms with Gasteiger partial charge in [0.05, 0.1) is 4.90 Å². The van der Waals surface area contributed by atoms with Crippen LogP contribution in [0.5, 0.6) is 0 Å². The average Bonchev–Trinajstić information content (AvgIpc) is 2.68. The number of benzene rings is 3. The normalized spacial score (nSPS) is 15.2. The fourth-order valence-corrected chi connectivity index (χ4v) is 4.82. The van der Waals surface area contributed by atoms with Crippen LogP contribution in [0.3, 0.4) is 0 Å². The van der Waals surface area contributed by atoms with Gasteiger partial charge in [0, 0.05) is 29.9 Å². The molecule has 1 heterocycles. The van der Waals surface area contributed by atoms with Gasteiger partial charge in [-0.1, -0.05) is 36.4 Å². The fraction of sp³-hybridized carbons (Fsp3) is 0.238. The molecule has 134 valence electrons. The number of rotatable bonds is 4. The molecule has 0 atom stereocenters. The summed E-state index contributed by atoms with van der Waals surface area (Å²) in [5.41, 5.74) is 1.73. The van der Waals surface area contributed by atoms with Crippen molar-refractivity contribution < 1.29 is 8.42 Å². The molecule has 0 radical (unpaired) electrons. The molecule has 1 saturated heterocycles. The minimum atomic E-state index is -3.64. The maximum absolute atomic E-state index is 12.9. The molecule has 4 rings (SSSR count). The quantitative estimate of drug-likeness (QED) is 0.732. The zero-order valence-corrected chi connectivity index (χ0v) is 15.4. The molecule has 0 saturated carbocycles. The summed E-state index contributed by atoms with van der Waals surface area (Å²) in [7, 11) is -3.64. The highest BCUT2D eigenvalue weighted by Gasteiger charge is 2.17. The van der Waals surface area contributed by atoms with Crippen molar-refractivity contribution in [2.24, 2.45) is 0 Å². The van der Waals surface area contributed by atoms with E-state index in [1.165, 1.54) is 19.3 Å². The third kappa shape index (κ3) is 3.40. The Bertz CT molecular complexity index is 1000. The topological polar surface area (TPSA) is 49.4 Å². The predicted molar refractivity (Wildman–Crippen MR) is 107 cm³/mol. The first-order chi connectivity index (χ1) is 12.6. The molecular weight excluding hydrogens is 344 g/mol. The molecule has 5 heteroatoms. The summed E-state index contributed by atoms with van der Waals surface area (Å²) < 4.78 is 28.5. The SMILES string of the molecule is O=S(=O)(Nc1ccc(N2CCCCC2)cc1)c1cccc2ccccc12. The third-order valence-electron chi connectivity index (χ3n) is 4.88. The van der Waals surface area contributed by atoms with Gasteiger partial charge in [-0.25, -0.2) is 8.42 Å². The zero-order chi connectivity index (χ0) is 18.0. The highest BCUT2D eigenvalue weighted by molar-refractivity contribution is 7.93. The van der Waals surface area contributed by atoms with Gasteiger partial charge in [0.25, 0.3) is 10.0 Å². The van der Waals surface area contributed by atoms with Gasteiger partial charge < -0.3 is 4.90 Å². The Balaban J connectivity index is 1.59. The first-order valence-corrected chi connectivity index (χ1v) is 10.5. The molecule has 1 N–H and O–H groups in total. The molecule has 1 aliphatic rings. The standard InChI is InChI=1S/C21H22N2O2S/c24-26(25,21-10-6-8-17-7-2-3-9-20(17)21)22-18-11-13-19(14-12-18)23-15-4-1-5-16-23/h2-3,6-14,22H,1,4-5,15-16H2. The number of fused-ring (bicyclic) bond motifs is 1. The van der Waals surface area contributed by atoms with Crippen LogP contribution in [-0.4, -0.2) is 21.5 Å². The number of anilines is 2. The molecule has 4 nitrogen and oxygen atoms in total. The van der Waals surface area contributed by atoms with Crippen molar-refractivity contribution in [3.8, 4) is 0 Å². The summed E-state index contributed by atoms with van der Waals surface area (Å²) in [6, 6.07) is 20.5. The second kappa shape index (κ2) is 7.00. The summed E-state index contributed by atoms with van der Waals surface area (Å²) in [5, 5.41) is 1.64. The van der Waals surface area contributed by atoms with Crippen LogP contribution in [0.15, 0.2) is 71.6 Å². The maximum atomic E-state index is 12.9. The molecule has 0 bridgehead atoms. The predicted octanol–water partition coefficient (Wildman–Crippen LogP) is 4.63. The molecule has 1 aliphatic heterocycles. The van der Waals surface area contributed by atoms with E-state index in [2.05, 4.69) is 9.62 Å². The Kier molecular flexibility index (Phi) is 4.55. The summed E-state index contributed by atoms with van der Waals surface area (Å²) >= 11 is 0. The molecule has 0 amide bonds. The average molecular weight is 366 g/mol. The molecule has 0 aromatic heterocycles. The number of piperidine rings is 1. The summed E-state index contributed by atoms with van der Waals surface area (Å²) in [6.07, 6.45) is 3.73. The molecule has 1 fully saturated rings. The second-order valence-corrected chi connectivity index (χ2v) is 8.33. The first-order valence-electron chi connectivity index (χ1n) is 8.99. The van der Waals surface area contributed by atoms with Gasteiger partial charge in [-0.05, 0) is 55.0 Å². The highest BCUT2D eigenvalue weighted by atomic mass is 32.2. The van der Waals surface area contributed by atoms with E-state index >= 15 is 0 Å². The molecule has 26 heavy (non-hydrogen) atoms. The van der Waals surface area contributed by atoms with Crippen LogP contribution in [0, 0.1) is 0 Å². The van der Waals surface area contributed by atoms with Crippen LogP contribution < -0.4 is 9.62 Å². The largest absolute Gasteiger partial charge is 0.372 e. The van der Waals surface area contributed by atoms with E-state index in [9.17, 15) is 8.42 Å². The van der Waals surface area contributed by atoms with E-state index in [1.54, 1.807) is 12.1 Å². The molecule has 3 aromatic carbocycles. The highest BCUT2D eigenvalue weighted by Crippen LogP contribution is 2.26. The van der Waals surface area contributed by atoms with Crippen molar-refractivity contribution in [1.82, 2.24) is 0 Å². The minimum absolute atomic E-state index is 0.302. The lowest BCUT2D eigenvalue weighted by Crippen LogP contribution is -2.29. The smallest absolute Gasteiger partial charge is 0.262 e. The molecule has 0 aliphatic carbocycles. The van der Waals surface area contributed by atoms with Crippen molar-refractivity contribution in [3.05, 3.63) is 66.7 Å². The number of hydrogen-bond donors (Lipinski definition) is 1. The Morgan fingerprint density at radius 2 is 1.46 bits per heavy atom. The lowest BCUT2D eigenvalue weighted by molar-refractivity contribution is 0.578. The van der Waals surface area contributed by atoms with Gasteiger partial charge >= 0.3 is 0 Å². The summed E-state index contributed by atoms with van der Waals surface area (Å²) in [4.78, 5) is 2.66. The lowest BCUT2D eigenvalue weighted by atomic mass is 10.1. The number of hydrogen-bond acceptors (Lipinski definition) is 3. The number of nitrogens with zero attached hydrogens (tertiary/aromatic N) is 1. The van der Waals surface area contributed by atoms with Crippen molar-refractivity contribution in [2.75, 3.05) is 22.7 Å². The Morgan fingerprint density at radius 3 is 2.23 bits per heavy atom. The summed E-state index contributed by atoms with van der Waals surface area (Å²) in [5.74, 6) is 0. The third-order valence-corrected chi connectivity index (χ3v) is 6.32. The van der Waals surface area contributed by atoms with E-state index in [-0.39, 0.29) is 0 Å². The number of nitrogens with one attached hydrogen (secondary N) is 1. The van der Waals surface area contributed by atoms with Gasteiger partial charge in [0.15, 0.2) is 0 Å². The molecule has 0 spiro atoms. The van der Waals surface area contributed by atoms with E-state index < -0.39 is 10.0 Å². The van der Waals surface area contributed by atoms with Crippen LogP contribution in [0.2, 0.25) is 0 Å². The van der Waals surface area contributed by atoms with Gasteiger partial charge in [-0.3, -0.25) is 4.72 Å². The molecule has 3 aromatic rings. The van der Waals surface area contributed by atoms with Crippen molar-refractivity contribution in [1.29, 1.82) is 0 Å². The van der Waals surface area contributed by atoms with E-state index in [1.807, 2.05) is 54.6 Å².